The minimum Gasteiger partial charge on any atom is -0.452 e. The summed E-state index contributed by atoms with van der Waals surface area (Å²) in [4.78, 5) is 28.4. The molecule has 0 radical (unpaired) electrons. The Kier molecular flexibility index (Phi) is 7.01. The number of ether oxygens (including phenoxy) is 1. The van der Waals surface area contributed by atoms with Crippen molar-refractivity contribution in [1.29, 1.82) is 0 Å². The first-order chi connectivity index (χ1) is 12.1. The number of aromatic nitrogens is 1. The maximum Gasteiger partial charge on any atom is 0.341 e. The Morgan fingerprint density at radius 1 is 1.24 bits per heavy atom. The summed E-state index contributed by atoms with van der Waals surface area (Å²) in [6, 6.07) is 11.0. The van der Waals surface area contributed by atoms with Crippen molar-refractivity contribution < 1.29 is 14.3 Å². The summed E-state index contributed by atoms with van der Waals surface area (Å²) in [7, 11) is 0. The van der Waals surface area contributed by atoms with E-state index in [9.17, 15) is 9.59 Å². The highest BCUT2D eigenvalue weighted by Gasteiger charge is 2.16. The first-order valence-corrected chi connectivity index (χ1v) is 9.34. The number of nitrogens with one attached hydrogen (secondary N) is 1. The number of pyridine rings is 1. The van der Waals surface area contributed by atoms with Gasteiger partial charge >= 0.3 is 5.97 Å². The molecule has 2 aromatic rings. The van der Waals surface area contributed by atoms with Gasteiger partial charge in [-0.25, -0.2) is 9.78 Å². The standard InChI is InChI=1S/C19H22N2O3S/c1-4-13(2)14-8-5-6-10-16(14)21-17(22)12-24-19(23)15-9-7-11-20-18(15)25-3/h5-11,13H,4,12H2,1-3H3,(H,21,22)/t13-/m0/s1. The number of hydrogen-bond acceptors (Lipinski definition) is 5. The normalized spacial score (nSPS) is 11.6. The molecule has 1 amide bonds. The van der Waals surface area contributed by atoms with E-state index in [1.165, 1.54) is 11.8 Å². The molecule has 0 unspecified atom stereocenters. The van der Waals surface area contributed by atoms with E-state index in [4.69, 9.17) is 4.74 Å². The fraction of sp³-hybridized carbons (Fsp3) is 0.316. The molecule has 0 spiro atoms. The largest absolute Gasteiger partial charge is 0.452 e. The van der Waals surface area contributed by atoms with E-state index in [1.807, 2.05) is 30.5 Å². The molecule has 25 heavy (non-hydrogen) atoms. The van der Waals surface area contributed by atoms with Crippen LogP contribution in [0.5, 0.6) is 0 Å². The van der Waals surface area contributed by atoms with Crippen LogP contribution >= 0.6 is 11.8 Å². The first-order valence-electron chi connectivity index (χ1n) is 8.11. The predicted octanol–water partition coefficient (Wildman–Crippen LogP) is 4.11. The lowest BCUT2D eigenvalue weighted by Gasteiger charge is -2.15. The van der Waals surface area contributed by atoms with Gasteiger partial charge in [0.25, 0.3) is 5.91 Å². The quantitative estimate of drug-likeness (QED) is 0.596. The van der Waals surface area contributed by atoms with E-state index in [-0.39, 0.29) is 12.5 Å². The van der Waals surface area contributed by atoms with E-state index < -0.39 is 5.97 Å². The highest BCUT2D eigenvalue weighted by Crippen LogP contribution is 2.26. The van der Waals surface area contributed by atoms with Crippen molar-refractivity contribution in [3.05, 3.63) is 53.7 Å². The molecule has 1 N–H and O–H groups in total. The minimum absolute atomic E-state index is 0.332. The Labute approximate surface area is 152 Å². The highest BCUT2D eigenvalue weighted by atomic mass is 32.2. The number of hydrogen-bond donors (Lipinski definition) is 1. The first kappa shape index (κ1) is 19.0. The van der Waals surface area contributed by atoms with E-state index in [0.29, 0.717) is 16.5 Å². The number of carbonyl (C=O) groups excluding carboxylic acids is 2. The second-order valence-corrected chi connectivity index (χ2v) is 6.38. The number of para-hydroxylation sites is 1. The molecule has 2 rings (SSSR count). The fourth-order valence-corrected chi connectivity index (χ4v) is 2.90. The third-order valence-electron chi connectivity index (χ3n) is 3.90. The van der Waals surface area contributed by atoms with Crippen LogP contribution in [0.25, 0.3) is 0 Å². The van der Waals surface area contributed by atoms with E-state index >= 15 is 0 Å². The number of esters is 1. The predicted molar refractivity (Wildman–Crippen MR) is 100 cm³/mol. The topological polar surface area (TPSA) is 68.3 Å². The van der Waals surface area contributed by atoms with Gasteiger partial charge in [-0.2, -0.15) is 0 Å². The number of nitrogens with zero attached hydrogens (tertiary/aromatic N) is 1. The van der Waals surface area contributed by atoms with Crippen molar-refractivity contribution >= 4 is 29.3 Å². The van der Waals surface area contributed by atoms with Crippen molar-refractivity contribution in [3.63, 3.8) is 0 Å². The summed E-state index contributed by atoms with van der Waals surface area (Å²) in [5.74, 6) is -0.583. The summed E-state index contributed by atoms with van der Waals surface area (Å²) >= 11 is 1.36. The number of thioether (sulfide) groups is 1. The average molecular weight is 358 g/mol. The van der Waals surface area contributed by atoms with Crippen molar-refractivity contribution in [1.82, 2.24) is 4.98 Å². The lowest BCUT2D eigenvalue weighted by Crippen LogP contribution is -2.22. The zero-order chi connectivity index (χ0) is 18.2. The van der Waals surface area contributed by atoms with Crippen molar-refractivity contribution in [2.24, 2.45) is 0 Å². The van der Waals surface area contributed by atoms with E-state index in [0.717, 1.165) is 17.7 Å². The summed E-state index contributed by atoms with van der Waals surface area (Å²) in [6.45, 7) is 3.87. The molecule has 0 bridgehead atoms. The summed E-state index contributed by atoms with van der Waals surface area (Å²) in [6.07, 6.45) is 4.42. The van der Waals surface area contributed by atoms with Gasteiger partial charge in [0, 0.05) is 11.9 Å². The second kappa shape index (κ2) is 9.22. The number of amides is 1. The van der Waals surface area contributed by atoms with E-state index in [2.05, 4.69) is 24.1 Å². The number of rotatable bonds is 7. The van der Waals surface area contributed by atoms with Crippen LogP contribution in [0.15, 0.2) is 47.6 Å². The monoisotopic (exact) mass is 358 g/mol. The second-order valence-electron chi connectivity index (χ2n) is 5.58. The van der Waals surface area contributed by atoms with Crippen LogP contribution < -0.4 is 5.32 Å². The maximum atomic E-state index is 12.2. The van der Waals surface area contributed by atoms with Gasteiger partial charge in [-0.15, -0.1) is 11.8 Å². The highest BCUT2D eigenvalue weighted by molar-refractivity contribution is 7.98. The Balaban J connectivity index is 1.99. The van der Waals surface area contributed by atoms with Crippen LogP contribution in [0.1, 0.15) is 42.1 Å². The van der Waals surface area contributed by atoms with Crippen LogP contribution in [-0.2, 0) is 9.53 Å². The molecule has 132 valence electrons. The Bertz CT molecular complexity index is 749. The molecule has 1 atom stereocenters. The Morgan fingerprint density at radius 2 is 2.00 bits per heavy atom. The summed E-state index contributed by atoms with van der Waals surface area (Å²) in [5, 5.41) is 3.40. The molecule has 0 saturated carbocycles. The fourth-order valence-electron chi connectivity index (χ4n) is 2.36. The van der Waals surface area contributed by atoms with Gasteiger partial charge in [-0.3, -0.25) is 4.79 Å². The molecule has 0 aliphatic rings. The zero-order valence-electron chi connectivity index (χ0n) is 14.6. The summed E-state index contributed by atoms with van der Waals surface area (Å²) < 4.78 is 5.13. The van der Waals surface area contributed by atoms with E-state index in [1.54, 1.807) is 18.3 Å². The van der Waals surface area contributed by atoms with Crippen LogP contribution in [0.2, 0.25) is 0 Å². The van der Waals surface area contributed by atoms with Gasteiger partial charge < -0.3 is 10.1 Å². The lowest BCUT2D eigenvalue weighted by atomic mass is 9.97. The van der Waals surface area contributed by atoms with Crippen molar-refractivity contribution in [3.8, 4) is 0 Å². The average Bonchev–Trinajstić information content (AvgIpc) is 2.65. The third-order valence-corrected chi connectivity index (χ3v) is 4.61. The van der Waals surface area contributed by atoms with Crippen LogP contribution in [0.3, 0.4) is 0 Å². The van der Waals surface area contributed by atoms with Gasteiger partial charge in [0.1, 0.15) is 5.03 Å². The molecule has 6 heteroatoms. The minimum atomic E-state index is -0.553. The van der Waals surface area contributed by atoms with Gasteiger partial charge in [0.05, 0.1) is 5.56 Å². The summed E-state index contributed by atoms with van der Waals surface area (Å²) in [5.41, 5.74) is 2.19. The van der Waals surface area contributed by atoms with Crippen LogP contribution in [-0.4, -0.2) is 29.7 Å². The molecular weight excluding hydrogens is 336 g/mol. The number of carbonyl (C=O) groups is 2. The SMILES string of the molecule is CC[C@H](C)c1ccccc1NC(=O)COC(=O)c1cccnc1SC. The van der Waals surface area contributed by atoms with Crippen LogP contribution in [0.4, 0.5) is 5.69 Å². The smallest absolute Gasteiger partial charge is 0.341 e. The van der Waals surface area contributed by atoms with Gasteiger partial charge in [0.2, 0.25) is 0 Å². The molecule has 0 fully saturated rings. The van der Waals surface area contributed by atoms with Crippen molar-refractivity contribution in [2.45, 2.75) is 31.2 Å². The molecule has 0 saturated heterocycles. The molecule has 0 aliphatic carbocycles. The number of benzene rings is 1. The molecule has 1 aromatic heterocycles. The molecule has 1 aromatic carbocycles. The van der Waals surface area contributed by atoms with Gasteiger partial charge in [-0.1, -0.05) is 32.0 Å². The zero-order valence-corrected chi connectivity index (χ0v) is 15.4. The van der Waals surface area contributed by atoms with Crippen LogP contribution in [0, 0.1) is 0 Å². The van der Waals surface area contributed by atoms with Gasteiger partial charge in [0.15, 0.2) is 6.61 Å². The molecule has 1 heterocycles. The lowest BCUT2D eigenvalue weighted by molar-refractivity contribution is -0.119. The Morgan fingerprint density at radius 3 is 2.72 bits per heavy atom. The molecule has 0 aliphatic heterocycles. The maximum absolute atomic E-state index is 12.2. The van der Waals surface area contributed by atoms with Gasteiger partial charge in [-0.05, 0) is 42.4 Å². The van der Waals surface area contributed by atoms with Crippen molar-refractivity contribution in [2.75, 3.05) is 18.2 Å². The molecular formula is C19H22N2O3S. The Hall–Kier alpha value is -2.34. The third kappa shape index (κ3) is 5.06. The molecule has 5 nitrogen and oxygen atoms in total. The number of anilines is 1.